The molecule has 1 aromatic rings. The Morgan fingerprint density at radius 1 is 1.33 bits per heavy atom. The van der Waals surface area contributed by atoms with E-state index in [-0.39, 0.29) is 11.5 Å². The van der Waals surface area contributed by atoms with Crippen molar-refractivity contribution in [3.8, 4) is 17.2 Å². The van der Waals surface area contributed by atoms with Gasteiger partial charge in [0, 0.05) is 0 Å². The lowest BCUT2D eigenvalue weighted by atomic mass is 10.1. The quantitative estimate of drug-likeness (QED) is 0.602. The minimum absolute atomic E-state index is 0.105. The zero-order chi connectivity index (χ0) is 13.5. The smallest absolute Gasteiger partial charge is 0.502 e. The Kier molecular flexibility index (Phi) is 5.30. The summed E-state index contributed by atoms with van der Waals surface area (Å²) in [5.41, 5.74) is 0.855. The number of phenols is 1. The number of hydrogen-bond acceptors (Lipinski definition) is 4. The van der Waals surface area contributed by atoms with E-state index in [9.17, 15) is 9.90 Å². The maximum absolute atomic E-state index is 10.5. The predicted octanol–water partition coefficient (Wildman–Crippen LogP) is 3.19. The zero-order valence-corrected chi connectivity index (χ0v) is 10.6. The molecule has 0 unspecified atom stereocenters. The van der Waals surface area contributed by atoms with Crippen molar-refractivity contribution in [3.63, 3.8) is 0 Å². The van der Waals surface area contributed by atoms with Crippen molar-refractivity contribution < 1.29 is 24.5 Å². The third-order valence-electron chi connectivity index (χ3n) is 2.46. The van der Waals surface area contributed by atoms with Gasteiger partial charge in [0.2, 0.25) is 5.75 Å². The minimum Gasteiger partial charge on any atom is -0.502 e. The van der Waals surface area contributed by atoms with Crippen LogP contribution in [0.2, 0.25) is 0 Å². The topological polar surface area (TPSA) is 76.0 Å². The van der Waals surface area contributed by atoms with Crippen molar-refractivity contribution >= 4 is 6.16 Å². The number of aryl methyl sites for hydroxylation is 1. The van der Waals surface area contributed by atoms with Crippen LogP contribution in [-0.2, 0) is 6.42 Å². The van der Waals surface area contributed by atoms with E-state index in [1.807, 2.05) is 0 Å². The first-order valence-corrected chi connectivity index (χ1v) is 5.98. The number of ether oxygens (including phenoxy) is 2. The monoisotopic (exact) mass is 254 g/mol. The molecular weight excluding hydrogens is 236 g/mol. The van der Waals surface area contributed by atoms with Crippen molar-refractivity contribution in [2.75, 3.05) is 6.61 Å². The third-order valence-corrected chi connectivity index (χ3v) is 2.46. The Morgan fingerprint density at radius 3 is 2.61 bits per heavy atom. The molecule has 0 aromatic heterocycles. The molecule has 1 rings (SSSR count). The van der Waals surface area contributed by atoms with Crippen LogP contribution < -0.4 is 9.47 Å². The van der Waals surface area contributed by atoms with Crippen molar-refractivity contribution in [1.82, 2.24) is 0 Å². The molecule has 2 N–H and O–H groups in total. The van der Waals surface area contributed by atoms with E-state index in [4.69, 9.17) is 9.84 Å². The average molecular weight is 254 g/mol. The number of aromatic hydroxyl groups is 1. The summed E-state index contributed by atoms with van der Waals surface area (Å²) in [6.07, 6.45) is 1.31. The molecule has 0 spiro atoms. The van der Waals surface area contributed by atoms with Crippen molar-refractivity contribution in [2.24, 2.45) is 0 Å². The van der Waals surface area contributed by atoms with E-state index >= 15 is 0 Å². The molecule has 0 amide bonds. The standard InChI is InChI=1S/C13H18O5/c1-3-5-6-9-7-8-10(18-13(15)16)11(14)12(9)17-4-2/h7-8,14H,3-6H2,1-2H3,(H,15,16). The molecule has 1 aromatic carbocycles. The molecule has 0 radical (unpaired) electrons. The van der Waals surface area contributed by atoms with Gasteiger partial charge >= 0.3 is 6.16 Å². The number of phenolic OH excluding ortho intramolecular Hbond substituents is 1. The normalized spacial score (nSPS) is 10.1. The number of rotatable bonds is 6. The molecule has 0 aliphatic rings. The van der Waals surface area contributed by atoms with Gasteiger partial charge in [-0.15, -0.1) is 0 Å². The van der Waals surface area contributed by atoms with E-state index in [0.29, 0.717) is 12.4 Å². The highest BCUT2D eigenvalue weighted by molar-refractivity contribution is 5.65. The van der Waals surface area contributed by atoms with Gasteiger partial charge in [-0.25, -0.2) is 4.79 Å². The van der Waals surface area contributed by atoms with Crippen LogP contribution in [-0.4, -0.2) is 23.0 Å². The summed E-state index contributed by atoms with van der Waals surface area (Å²) in [6.45, 7) is 4.26. The van der Waals surface area contributed by atoms with Gasteiger partial charge < -0.3 is 19.7 Å². The van der Waals surface area contributed by atoms with Crippen LogP contribution in [0.5, 0.6) is 17.2 Å². The first-order valence-electron chi connectivity index (χ1n) is 5.98. The van der Waals surface area contributed by atoms with Crippen LogP contribution in [0.15, 0.2) is 12.1 Å². The maximum atomic E-state index is 10.5. The second-order valence-electron chi connectivity index (χ2n) is 3.81. The lowest BCUT2D eigenvalue weighted by Gasteiger charge is -2.13. The second-order valence-corrected chi connectivity index (χ2v) is 3.81. The Labute approximate surface area is 106 Å². The third kappa shape index (κ3) is 3.55. The van der Waals surface area contributed by atoms with E-state index in [2.05, 4.69) is 11.7 Å². The molecule has 0 aliphatic carbocycles. The fourth-order valence-corrected chi connectivity index (χ4v) is 1.64. The van der Waals surface area contributed by atoms with E-state index in [1.54, 1.807) is 13.0 Å². The molecule has 0 saturated heterocycles. The average Bonchev–Trinajstić information content (AvgIpc) is 2.33. The van der Waals surface area contributed by atoms with Crippen molar-refractivity contribution in [2.45, 2.75) is 33.1 Å². The van der Waals surface area contributed by atoms with Gasteiger partial charge in [0.1, 0.15) is 0 Å². The second kappa shape index (κ2) is 6.74. The molecule has 5 heteroatoms. The summed E-state index contributed by atoms with van der Waals surface area (Å²) in [5.74, 6) is -0.0521. The van der Waals surface area contributed by atoms with Gasteiger partial charge in [0.15, 0.2) is 11.5 Å². The lowest BCUT2D eigenvalue weighted by molar-refractivity contribution is 0.142. The molecule has 0 heterocycles. The maximum Gasteiger partial charge on any atom is 0.511 e. The van der Waals surface area contributed by atoms with Crippen LogP contribution in [0.3, 0.4) is 0 Å². The highest BCUT2D eigenvalue weighted by Crippen LogP contribution is 2.39. The highest BCUT2D eigenvalue weighted by Gasteiger charge is 2.16. The summed E-state index contributed by atoms with van der Waals surface area (Å²) in [6, 6.07) is 3.16. The number of carboxylic acid groups (broad SMARTS) is 1. The SMILES string of the molecule is CCCCc1ccc(OC(=O)O)c(O)c1OCC. The predicted molar refractivity (Wildman–Crippen MR) is 66.5 cm³/mol. The lowest BCUT2D eigenvalue weighted by Crippen LogP contribution is -2.05. The summed E-state index contributed by atoms with van der Waals surface area (Å²) in [4.78, 5) is 10.5. The minimum atomic E-state index is -1.46. The highest BCUT2D eigenvalue weighted by atomic mass is 16.7. The number of hydrogen-bond donors (Lipinski definition) is 2. The van der Waals surface area contributed by atoms with Crippen LogP contribution in [0, 0.1) is 0 Å². The van der Waals surface area contributed by atoms with Crippen LogP contribution in [0.4, 0.5) is 4.79 Å². The Hall–Kier alpha value is -1.91. The van der Waals surface area contributed by atoms with Gasteiger partial charge in [-0.3, -0.25) is 0 Å². The largest absolute Gasteiger partial charge is 0.511 e. The number of carbonyl (C=O) groups is 1. The Bertz CT molecular complexity index is 414. The van der Waals surface area contributed by atoms with Gasteiger partial charge in [0.25, 0.3) is 0 Å². The summed E-state index contributed by atoms with van der Waals surface area (Å²) in [5, 5.41) is 18.5. The first kappa shape index (κ1) is 14.2. The molecule has 0 atom stereocenters. The molecular formula is C13H18O5. The van der Waals surface area contributed by atoms with Crippen LogP contribution in [0.25, 0.3) is 0 Å². The first-order chi connectivity index (χ1) is 8.60. The van der Waals surface area contributed by atoms with Crippen LogP contribution >= 0.6 is 0 Å². The molecule has 0 bridgehead atoms. The molecule has 18 heavy (non-hydrogen) atoms. The van der Waals surface area contributed by atoms with Gasteiger partial charge in [-0.1, -0.05) is 19.4 Å². The zero-order valence-electron chi connectivity index (χ0n) is 10.6. The molecule has 0 fully saturated rings. The summed E-state index contributed by atoms with van der Waals surface area (Å²) in [7, 11) is 0. The van der Waals surface area contributed by atoms with Gasteiger partial charge in [-0.2, -0.15) is 0 Å². The molecule has 100 valence electrons. The fraction of sp³-hybridized carbons (Fsp3) is 0.462. The van der Waals surface area contributed by atoms with E-state index in [1.165, 1.54) is 6.07 Å². The number of unbranched alkanes of at least 4 members (excludes halogenated alkanes) is 1. The number of benzene rings is 1. The van der Waals surface area contributed by atoms with E-state index < -0.39 is 6.16 Å². The summed E-state index contributed by atoms with van der Waals surface area (Å²) >= 11 is 0. The fourth-order valence-electron chi connectivity index (χ4n) is 1.64. The van der Waals surface area contributed by atoms with Gasteiger partial charge in [-0.05, 0) is 31.4 Å². The molecule has 0 aliphatic heterocycles. The van der Waals surface area contributed by atoms with Crippen molar-refractivity contribution in [1.29, 1.82) is 0 Å². The van der Waals surface area contributed by atoms with Crippen LogP contribution in [0.1, 0.15) is 32.3 Å². The van der Waals surface area contributed by atoms with Crippen molar-refractivity contribution in [3.05, 3.63) is 17.7 Å². The van der Waals surface area contributed by atoms with Gasteiger partial charge in [0.05, 0.1) is 6.61 Å². The Morgan fingerprint density at radius 2 is 2.06 bits per heavy atom. The summed E-state index contributed by atoms with van der Waals surface area (Å²) < 4.78 is 9.84. The molecule has 0 saturated carbocycles. The van der Waals surface area contributed by atoms with E-state index in [0.717, 1.165) is 24.8 Å². The molecule has 5 nitrogen and oxygen atoms in total. The Balaban J connectivity index is 3.06.